The lowest BCUT2D eigenvalue weighted by Crippen LogP contribution is -2.41. The Morgan fingerprint density at radius 2 is 2.11 bits per heavy atom. The van der Waals surface area contributed by atoms with Crippen molar-refractivity contribution < 1.29 is 9.59 Å². The molecule has 2 aromatic heterocycles. The standard InChI is InChI=1S/C12H15N5O2/c1-2-4-8-7-10(15-14-8)12(19)17-16-11(18)9-5-3-6-13-9/h3,5-7,13H,2,4H2,1H3,(H,14,15)(H,16,18)(H,17,19). The van der Waals surface area contributed by atoms with Crippen LogP contribution in [0.15, 0.2) is 24.4 Å². The van der Waals surface area contributed by atoms with Crippen LogP contribution in [0.1, 0.15) is 40.0 Å². The second kappa shape index (κ2) is 5.85. The second-order valence-electron chi connectivity index (χ2n) is 4.02. The molecule has 0 radical (unpaired) electrons. The van der Waals surface area contributed by atoms with Gasteiger partial charge >= 0.3 is 0 Å². The number of carbonyl (C=O) groups excluding carboxylic acids is 2. The highest BCUT2D eigenvalue weighted by Gasteiger charge is 2.12. The molecule has 2 heterocycles. The zero-order valence-corrected chi connectivity index (χ0v) is 10.5. The molecule has 2 aromatic rings. The van der Waals surface area contributed by atoms with Crippen molar-refractivity contribution in [2.75, 3.05) is 0 Å². The highest BCUT2D eigenvalue weighted by molar-refractivity contribution is 5.97. The first-order chi connectivity index (χ1) is 9.20. The van der Waals surface area contributed by atoms with E-state index in [9.17, 15) is 9.59 Å². The van der Waals surface area contributed by atoms with Gasteiger partial charge in [0.25, 0.3) is 11.8 Å². The van der Waals surface area contributed by atoms with E-state index in [1.165, 1.54) is 0 Å². The second-order valence-corrected chi connectivity index (χ2v) is 4.02. The summed E-state index contributed by atoms with van der Waals surface area (Å²) in [5, 5.41) is 6.65. The fourth-order valence-corrected chi connectivity index (χ4v) is 1.59. The van der Waals surface area contributed by atoms with Crippen LogP contribution in [0.5, 0.6) is 0 Å². The molecule has 0 atom stereocenters. The summed E-state index contributed by atoms with van der Waals surface area (Å²) >= 11 is 0. The van der Waals surface area contributed by atoms with Crippen molar-refractivity contribution in [3.8, 4) is 0 Å². The maximum Gasteiger partial charge on any atom is 0.290 e. The third-order valence-electron chi connectivity index (χ3n) is 2.52. The van der Waals surface area contributed by atoms with Crippen LogP contribution >= 0.6 is 0 Å². The van der Waals surface area contributed by atoms with Gasteiger partial charge in [-0.3, -0.25) is 25.5 Å². The molecule has 19 heavy (non-hydrogen) atoms. The minimum absolute atomic E-state index is 0.246. The summed E-state index contributed by atoms with van der Waals surface area (Å²) in [4.78, 5) is 26.0. The first kappa shape index (κ1) is 12.9. The fraction of sp³-hybridized carbons (Fsp3) is 0.250. The molecule has 7 heteroatoms. The van der Waals surface area contributed by atoms with Crippen molar-refractivity contribution in [1.29, 1.82) is 0 Å². The van der Waals surface area contributed by atoms with Crippen LogP contribution in [0.2, 0.25) is 0 Å². The highest BCUT2D eigenvalue weighted by atomic mass is 16.2. The minimum atomic E-state index is -0.460. The molecule has 4 N–H and O–H groups in total. The lowest BCUT2D eigenvalue weighted by Gasteiger charge is -2.03. The minimum Gasteiger partial charge on any atom is -0.357 e. The number of aromatic nitrogens is 3. The molecule has 0 saturated heterocycles. The smallest absolute Gasteiger partial charge is 0.290 e. The lowest BCUT2D eigenvalue weighted by molar-refractivity contribution is 0.0841. The summed E-state index contributed by atoms with van der Waals surface area (Å²) in [6.07, 6.45) is 3.42. The molecule has 0 saturated carbocycles. The molecule has 0 bridgehead atoms. The molecule has 0 aliphatic heterocycles. The molecule has 0 aromatic carbocycles. The van der Waals surface area contributed by atoms with E-state index in [-0.39, 0.29) is 5.69 Å². The van der Waals surface area contributed by atoms with Crippen molar-refractivity contribution >= 4 is 11.8 Å². The number of hydrogen-bond acceptors (Lipinski definition) is 3. The number of aryl methyl sites for hydroxylation is 1. The van der Waals surface area contributed by atoms with Gasteiger partial charge in [-0.2, -0.15) is 5.10 Å². The summed E-state index contributed by atoms with van der Waals surface area (Å²) in [5.74, 6) is -0.874. The Hall–Kier alpha value is -2.57. The van der Waals surface area contributed by atoms with Gasteiger partial charge in [-0.1, -0.05) is 13.3 Å². The van der Waals surface area contributed by atoms with Crippen LogP contribution in [0.25, 0.3) is 0 Å². The van der Waals surface area contributed by atoms with E-state index in [2.05, 4.69) is 26.0 Å². The average Bonchev–Trinajstić information content (AvgIpc) is 3.06. The van der Waals surface area contributed by atoms with E-state index in [0.29, 0.717) is 5.69 Å². The van der Waals surface area contributed by atoms with Crippen LogP contribution in [0.4, 0.5) is 0 Å². The van der Waals surface area contributed by atoms with Crippen LogP contribution in [-0.2, 0) is 6.42 Å². The number of rotatable bonds is 4. The normalized spacial score (nSPS) is 10.2. The number of H-pyrrole nitrogens is 2. The van der Waals surface area contributed by atoms with Gasteiger partial charge in [0, 0.05) is 11.9 Å². The van der Waals surface area contributed by atoms with E-state index in [0.717, 1.165) is 18.5 Å². The molecule has 100 valence electrons. The van der Waals surface area contributed by atoms with Gasteiger partial charge in [0.1, 0.15) is 5.69 Å². The quantitative estimate of drug-likeness (QED) is 0.611. The summed E-state index contributed by atoms with van der Waals surface area (Å²) in [5.41, 5.74) is 6.11. The van der Waals surface area contributed by atoms with Crippen molar-refractivity contribution in [1.82, 2.24) is 26.0 Å². The first-order valence-corrected chi connectivity index (χ1v) is 5.99. The molecule has 0 fully saturated rings. The van der Waals surface area contributed by atoms with E-state index < -0.39 is 11.8 Å². The molecule has 2 rings (SSSR count). The van der Waals surface area contributed by atoms with Gasteiger partial charge in [-0.05, 0) is 24.6 Å². The molecule has 0 aliphatic carbocycles. The number of nitrogens with one attached hydrogen (secondary N) is 4. The zero-order chi connectivity index (χ0) is 13.7. The van der Waals surface area contributed by atoms with E-state index in [1.807, 2.05) is 6.92 Å². The third kappa shape index (κ3) is 3.21. The largest absolute Gasteiger partial charge is 0.357 e. The summed E-state index contributed by atoms with van der Waals surface area (Å²) in [6, 6.07) is 4.97. The maximum absolute atomic E-state index is 11.7. The molecule has 2 amide bonds. The topological polar surface area (TPSA) is 103 Å². The van der Waals surface area contributed by atoms with Crippen LogP contribution in [0.3, 0.4) is 0 Å². The SMILES string of the molecule is CCCc1cc(C(=O)NNC(=O)c2ccc[nH]2)n[nH]1. The summed E-state index contributed by atoms with van der Waals surface area (Å²) < 4.78 is 0. The molecule has 0 aliphatic rings. The molecule has 0 spiro atoms. The average molecular weight is 261 g/mol. The molecule has 7 nitrogen and oxygen atoms in total. The number of hydrogen-bond donors (Lipinski definition) is 4. The number of hydrazine groups is 1. The van der Waals surface area contributed by atoms with Gasteiger partial charge in [0.05, 0.1) is 0 Å². The Balaban J connectivity index is 1.88. The predicted octanol–water partition coefficient (Wildman–Crippen LogP) is 0.765. The Kier molecular flexibility index (Phi) is 3.97. The van der Waals surface area contributed by atoms with Crippen molar-refractivity contribution in [2.45, 2.75) is 19.8 Å². The number of carbonyl (C=O) groups is 2. The van der Waals surface area contributed by atoms with Gasteiger partial charge in [0.2, 0.25) is 0 Å². The zero-order valence-electron chi connectivity index (χ0n) is 10.5. The van der Waals surface area contributed by atoms with Gasteiger partial charge in [-0.25, -0.2) is 0 Å². The van der Waals surface area contributed by atoms with Gasteiger partial charge in [-0.15, -0.1) is 0 Å². The molecular formula is C12H15N5O2. The summed E-state index contributed by atoms with van der Waals surface area (Å²) in [7, 11) is 0. The monoisotopic (exact) mass is 261 g/mol. The Bertz CT molecular complexity index is 558. The number of aromatic amines is 2. The first-order valence-electron chi connectivity index (χ1n) is 5.99. The number of nitrogens with zero attached hydrogens (tertiary/aromatic N) is 1. The van der Waals surface area contributed by atoms with Crippen molar-refractivity contribution in [3.05, 3.63) is 41.5 Å². The third-order valence-corrected chi connectivity index (χ3v) is 2.52. The molecule has 0 unspecified atom stereocenters. The van der Waals surface area contributed by atoms with Crippen molar-refractivity contribution in [2.24, 2.45) is 0 Å². The Labute approximate surface area is 109 Å². The van der Waals surface area contributed by atoms with Gasteiger partial charge in [0.15, 0.2) is 5.69 Å². The highest BCUT2D eigenvalue weighted by Crippen LogP contribution is 2.02. The predicted molar refractivity (Wildman–Crippen MR) is 68.3 cm³/mol. The maximum atomic E-state index is 11.7. The Morgan fingerprint density at radius 3 is 2.79 bits per heavy atom. The van der Waals surface area contributed by atoms with E-state index >= 15 is 0 Å². The lowest BCUT2D eigenvalue weighted by atomic mass is 10.2. The van der Waals surface area contributed by atoms with Crippen LogP contribution in [-0.4, -0.2) is 27.0 Å². The van der Waals surface area contributed by atoms with E-state index in [1.54, 1.807) is 24.4 Å². The Morgan fingerprint density at radius 1 is 1.32 bits per heavy atom. The summed E-state index contributed by atoms with van der Waals surface area (Å²) in [6.45, 7) is 2.04. The van der Waals surface area contributed by atoms with Crippen LogP contribution in [0, 0.1) is 0 Å². The van der Waals surface area contributed by atoms with Crippen molar-refractivity contribution in [3.63, 3.8) is 0 Å². The van der Waals surface area contributed by atoms with Crippen LogP contribution < -0.4 is 10.9 Å². The number of amides is 2. The fourth-order valence-electron chi connectivity index (χ4n) is 1.59. The van der Waals surface area contributed by atoms with Gasteiger partial charge < -0.3 is 4.98 Å². The molecular weight excluding hydrogens is 246 g/mol. The van der Waals surface area contributed by atoms with E-state index in [4.69, 9.17) is 0 Å².